The minimum atomic E-state index is 0.118. The fourth-order valence-corrected chi connectivity index (χ4v) is 1.56. The molecule has 1 aliphatic heterocycles. The van der Waals surface area contributed by atoms with Gasteiger partial charge in [0.05, 0.1) is 6.10 Å². The lowest BCUT2D eigenvalue weighted by Gasteiger charge is -2.10. The predicted molar refractivity (Wildman–Crippen MR) is 55.1 cm³/mol. The highest BCUT2D eigenvalue weighted by Gasteiger charge is 2.14. The smallest absolute Gasteiger partial charge is 0.221 e. The Hall–Kier alpha value is -0.610. The third-order valence-electron chi connectivity index (χ3n) is 2.30. The van der Waals surface area contributed by atoms with Crippen LogP contribution < -0.4 is 10.6 Å². The lowest BCUT2D eigenvalue weighted by Crippen LogP contribution is -2.31. The molecule has 4 nitrogen and oxygen atoms in total. The number of hydrogen-bond donors (Lipinski definition) is 2. The lowest BCUT2D eigenvalue weighted by atomic mass is 10.2. The second-order valence-electron chi connectivity index (χ2n) is 3.54. The quantitative estimate of drug-likeness (QED) is 0.606. The van der Waals surface area contributed by atoms with E-state index in [1.807, 2.05) is 6.92 Å². The second-order valence-corrected chi connectivity index (χ2v) is 3.54. The minimum Gasteiger partial charge on any atom is -0.377 e. The van der Waals surface area contributed by atoms with E-state index in [1.54, 1.807) is 0 Å². The molecule has 1 saturated heterocycles. The van der Waals surface area contributed by atoms with E-state index in [9.17, 15) is 4.79 Å². The molecule has 0 aromatic rings. The van der Waals surface area contributed by atoms with Crippen LogP contribution >= 0.6 is 0 Å². The highest BCUT2D eigenvalue weighted by atomic mass is 16.5. The van der Waals surface area contributed by atoms with Gasteiger partial charge in [-0.2, -0.15) is 0 Å². The van der Waals surface area contributed by atoms with Crippen LogP contribution in [0.2, 0.25) is 0 Å². The van der Waals surface area contributed by atoms with Gasteiger partial charge in [0.25, 0.3) is 0 Å². The number of rotatable bonds is 6. The van der Waals surface area contributed by atoms with Crippen molar-refractivity contribution in [2.75, 3.05) is 26.2 Å². The molecule has 0 aromatic heterocycles. The molecule has 0 bridgehead atoms. The second kappa shape index (κ2) is 6.79. The van der Waals surface area contributed by atoms with Crippen LogP contribution in [0.3, 0.4) is 0 Å². The molecule has 0 aliphatic carbocycles. The molecule has 1 fully saturated rings. The summed E-state index contributed by atoms with van der Waals surface area (Å²) in [6.07, 6.45) is 3.24. The Morgan fingerprint density at radius 2 is 2.43 bits per heavy atom. The molecule has 1 rings (SSSR count). The summed E-state index contributed by atoms with van der Waals surface area (Å²) in [4.78, 5) is 11.1. The monoisotopic (exact) mass is 200 g/mol. The molecule has 2 N–H and O–H groups in total. The van der Waals surface area contributed by atoms with E-state index in [1.165, 1.54) is 6.42 Å². The van der Waals surface area contributed by atoms with Crippen LogP contribution in [-0.4, -0.2) is 38.3 Å². The third-order valence-corrected chi connectivity index (χ3v) is 2.30. The van der Waals surface area contributed by atoms with Crippen LogP contribution in [0.5, 0.6) is 0 Å². The molecule has 0 spiro atoms. The average Bonchev–Trinajstić information content (AvgIpc) is 2.65. The standard InChI is InChI=1S/C10H20N2O2/c1-2-12-10(13)5-6-11-8-9-4-3-7-14-9/h9,11H,2-8H2,1H3,(H,12,13). The summed E-state index contributed by atoms with van der Waals surface area (Å²) in [6.45, 7) is 5.15. The molecule has 14 heavy (non-hydrogen) atoms. The molecule has 1 unspecified atom stereocenters. The normalized spacial score (nSPS) is 21.1. The fourth-order valence-electron chi connectivity index (χ4n) is 1.56. The van der Waals surface area contributed by atoms with E-state index in [-0.39, 0.29) is 5.91 Å². The molecule has 0 saturated carbocycles. The first-order chi connectivity index (χ1) is 6.83. The Balaban J connectivity index is 1.90. The van der Waals surface area contributed by atoms with Crippen LogP contribution in [0, 0.1) is 0 Å². The zero-order chi connectivity index (χ0) is 10.2. The summed E-state index contributed by atoms with van der Waals surface area (Å²) in [6, 6.07) is 0. The van der Waals surface area contributed by atoms with Crippen molar-refractivity contribution in [1.82, 2.24) is 10.6 Å². The summed E-state index contributed by atoms with van der Waals surface area (Å²) in [5.74, 6) is 0.118. The average molecular weight is 200 g/mol. The van der Waals surface area contributed by atoms with Crippen molar-refractivity contribution < 1.29 is 9.53 Å². The summed E-state index contributed by atoms with van der Waals surface area (Å²) < 4.78 is 5.44. The summed E-state index contributed by atoms with van der Waals surface area (Å²) in [5.41, 5.74) is 0. The van der Waals surface area contributed by atoms with E-state index in [2.05, 4.69) is 10.6 Å². The zero-order valence-corrected chi connectivity index (χ0v) is 8.84. The van der Waals surface area contributed by atoms with E-state index < -0.39 is 0 Å². The number of carbonyl (C=O) groups is 1. The first-order valence-corrected chi connectivity index (χ1v) is 5.42. The van der Waals surface area contributed by atoms with Crippen molar-refractivity contribution in [3.63, 3.8) is 0 Å². The van der Waals surface area contributed by atoms with Crippen molar-refractivity contribution in [2.24, 2.45) is 0 Å². The zero-order valence-electron chi connectivity index (χ0n) is 8.84. The topological polar surface area (TPSA) is 50.4 Å². The Morgan fingerprint density at radius 1 is 1.57 bits per heavy atom. The van der Waals surface area contributed by atoms with Crippen molar-refractivity contribution in [2.45, 2.75) is 32.3 Å². The third kappa shape index (κ3) is 4.58. The van der Waals surface area contributed by atoms with Gasteiger partial charge in [0.1, 0.15) is 0 Å². The van der Waals surface area contributed by atoms with E-state index >= 15 is 0 Å². The largest absolute Gasteiger partial charge is 0.377 e. The molecule has 0 aromatic carbocycles. The number of hydrogen-bond acceptors (Lipinski definition) is 3. The number of carbonyl (C=O) groups excluding carboxylic acids is 1. The Kier molecular flexibility index (Phi) is 5.56. The van der Waals surface area contributed by atoms with Crippen molar-refractivity contribution in [1.29, 1.82) is 0 Å². The first kappa shape index (κ1) is 11.5. The number of ether oxygens (including phenoxy) is 1. The Labute approximate surface area is 85.4 Å². The highest BCUT2D eigenvalue weighted by Crippen LogP contribution is 2.10. The van der Waals surface area contributed by atoms with Gasteiger partial charge in [0.2, 0.25) is 5.91 Å². The van der Waals surface area contributed by atoms with Gasteiger partial charge in [-0.05, 0) is 19.8 Å². The SMILES string of the molecule is CCNC(=O)CCNCC1CCCO1. The van der Waals surface area contributed by atoms with E-state index in [0.29, 0.717) is 19.1 Å². The summed E-state index contributed by atoms with van der Waals surface area (Å²) in [7, 11) is 0. The van der Waals surface area contributed by atoms with Gasteiger partial charge in [0, 0.05) is 32.7 Å². The number of amides is 1. The van der Waals surface area contributed by atoms with Crippen molar-refractivity contribution in [3.05, 3.63) is 0 Å². The maximum Gasteiger partial charge on any atom is 0.221 e. The summed E-state index contributed by atoms with van der Waals surface area (Å²) in [5, 5.41) is 5.99. The molecule has 1 amide bonds. The fraction of sp³-hybridized carbons (Fsp3) is 0.900. The van der Waals surface area contributed by atoms with Crippen molar-refractivity contribution >= 4 is 5.91 Å². The molecular weight excluding hydrogens is 180 g/mol. The molecule has 1 heterocycles. The van der Waals surface area contributed by atoms with Crippen LogP contribution in [0.15, 0.2) is 0 Å². The van der Waals surface area contributed by atoms with E-state index in [4.69, 9.17) is 4.74 Å². The minimum absolute atomic E-state index is 0.118. The Bertz CT molecular complexity index is 168. The van der Waals surface area contributed by atoms with Crippen molar-refractivity contribution in [3.8, 4) is 0 Å². The van der Waals surface area contributed by atoms with Crippen LogP contribution in [0.25, 0.3) is 0 Å². The first-order valence-electron chi connectivity index (χ1n) is 5.42. The van der Waals surface area contributed by atoms with Gasteiger partial charge in [-0.3, -0.25) is 4.79 Å². The lowest BCUT2D eigenvalue weighted by molar-refractivity contribution is -0.120. The highest BCUT2D eigenvalue weighted by molar-refractivity contribution is 5.75. The van der Waals surface area contributed by atoms with Gasteiger partial charge in [0.15, 0.2) is 0 Å². The van der Waals surface area contributed by atoms with Gasteiger partial charge < -0.3 is 15.4 Å². The molecule has 1 aliphatic rings. The van der Waals surface area contributed by atoms with Gasteiger partial charge in [-0.15, -0.1) is 0 Å². The maximum atomic E-state index is 11.1. The van der Waals surface area contributed by atoms with E-state index in [0.717, 1.165) is 26.1 Å². The predicted octanol–water partition coefficient (Wildman–Crippen LogP) is 0.281. The van der Waals surface area contributed by atoms with Crippen LogP contribution in [-0.2, 0) is 9.53 Å². The molecule has 0 radical (unpaired) electrons. The maximum absolute atomic E-state index is 11.1. The number of nitrogens with one attached hydrogen (secondary N) is 2. The summed E-state index contributed by atoms with van der Waals surface area (Å²) >= 11 is 0. The van der Waals surface area contributed by atoms with Gasteiger partial charge >= 0.3 is 0 Å². The molecule has 82 valence electrons. The molecule has 1 atom stereocenters. The molecule has 4 heteroatoms. The molecular formula is C10H20N2O2. The van der Waals surface area contributed by atoms with Gasteiger partial charge in [-0.25, -0.2) is 0 Å². The van der Waals surface area contributed by atoms with Gasteiger partial charge in [-0.1, -0.05) is 0 Å². The Morgan fingerprint density at radius 3 is 3.07 bits per heavy atom. The van der Waals surface area contributed by atoms with Crippen LogP contribution in [0.1, 0.15) is 26.2 Å². The van der Waals surface area contributed by atoms with Crippen LogP contribution in [0.4, 0.5) is 0 Å².